The second-order valence-corrected chi connectivity index (χ2v) is 5.18. The number of hydrogen-bond acceptors (Lipinski definition) is 5. The molecule has 0 bridgehead atoms. The van der Waals surface area contributed by atoms with Crippen LogP contribution in [0.4, 0.5) is 16.0 Å². The van der Waals surface area contributed by atoms with Crippen molar-refractivity contribution in [2.45, 2.75) is 20.0 Å². The Morgan fingerprint density at radius 3 is 2.87 bits per heavy atom. The first-order valence-electron chi connectivity index (χ1n) is 7.16. The Morgan fingerprint density at radius 2 is 2.09 bits per heavy atom. The molecule has 3 aromatic heterocycles. The Hall–Kier alpha value is -2.96. The van der Waals surface area contributed by atoms with E-state index in [1.807, 2.05) is 26.0 Å². The minimum Gasteiger partial charge on any atom is -0.475 e. The highest BCUT2D eigenvalue weighted by atomic mass is 19.1. The maximum absolute atomic E-state index is 13.2. The summed E-state index contributed by atoms with van der Waals surface area (Å²) in [5.74, 6) is 1.35. The van der Waals surface area contributed by atoms with Crippen LogP contribution in [0.5, 0.6) is 5.88 Å². The van der Waals surface area contributed by atoms with Gasteiger partial charge in [-0.15, -0.1) is 0 Å². The molecule has 0 amide bonds. The van der Waals surface area contributed by atoms with E-state index in [1.165, 1.54) is 6.07 Å². The summed E-state index contributed by atoms with van der Waals surface area (Å²) in [6, 6.07) is 6.84. The van der Waals surface area contributed by atoms with Crippen LogP contribution in [-0.4, -0.2) is 25.6 Å². The van der Waals surface area contributed by atoms with Gasteiger partial charge in [-0.25, -0.2) is 9.37 Å². The highest BCUT2D eigenvalue weighted by Crippen LogP contribution is 2.18. The first kappa shape index (κ1) is 15.0. The molecule has 0 atom stereocenters. The number of hydrogen-bond donors (Lipinski definition) is 1. The molecule has 3 heterocycles. The van der Waals surface area contributed by atoms with Crippen molar-refractivity contribution in [3.8, 4) is 11.6 Å². The number of halogens is 1. The van der Waals surface area contributed by atoms with Crippen molar-refractivity contribution in [3.63, 3.8) is 0 Å². The van der Waals surface area contributed by atoms with Crippen molar-refractivity contribution in [2.24, 2.45) is 0 Å². The van der Waals surface area contributed by atoms with Gasteiger partial charge in [0.25, 0.3) is 0 Å². The molecular weight excluding hydrogens is 297 g/mol. The van der Waals surface area contributed by atoms with Crippen LogP contribution < -0.4 is 10.1 Å². The van der Waals surface area contributed by atoms with Gasteiger partial charge in [0.05, 0.1) is 30.4 Å². The zero-order chi connectivity index (χ0) is 16.2. The highest BCUT2D eigenvalue weighted by Gasteiger charge is 2.05. The van der Waals surface area contributed by atoms with Crippen LogP contribution in [0.2, 0.25) is 0 Å². The Kier molecular flexibility index (Phi) is 4.18. The average Bonchev–Trinajstić information content (AvgIpc) is 2.95. The maximum atomic E-state index is 13.2. The molecule has 0 aliphatic heterocycles. The fourth-order valence-corrected chi connectivity index (χ4v) is 1.99. The Balaban J connectivity index is 1.77. The molecule has 0 aromatic carbocycles. The molecule has 6 nitrogen and oxygen atoms in total. The molecule has 0 saturated carbocycles. The lowest BCUT2D eigenvalue weighted by atomic mass is 10.4. The molecule has 1 N–H and O–H groups in total. The number of imidazole rings is 1. The number of ether oxygens (including phenoxy) is 1. The van der Waals surface area contributed by atoms with Crippen LogP contribution in [0, 0.1) is 5.82 Å². The van der Waals surface area contributed by atoms with Gasteiger partial charge in [0.2, 0.25) is 5.88 Å². The minimum atomic E-state index is -0.397. The standard InChI is InChI=1S/C16H16FN5O/c1-11(2)23-16-5-3-4-14(21-16)20-15-9-22(10-19-15)13-6-12(17)7-18-8-13/h3-11H,1-2H3,(H,20,21). The Morgan fingerprint density at radius 1 is 1.22 bits per heavy atom. The minimum absolute atomic E-state index is 0.0532. The summed E-state index contributed by atoms with van der Waals surface area (Å²) in [5.41, 5.74) is 0.593. The first-order chi connectivity index (χ1) is 11.1. The van der Waals surface area contributed by atoms with Crippen molar-refractivity contribution in [1.82, 2.24) is 19.5 Å². The van der Waals surface area contributed by atoms with E-state index in [0.29, 0.717) is 23.2 Å². The van der Waals surface area contributed by atoms with Gasteiger partial charge in [0, 0.05) is 12.1 Å². The van der Waals surface area contributed by atoms with Gasteiger partial charge in [-0.2, -0.15) is 4.98 Å². The predicted molar refractivity (Wildman–Crippen MR) is 84.6 cm³/mol. The number of pyridine rings is 2. The second-order valence-electron chi connectivity index (χ2n) is 5.18. The molecule has 7 heteroatoms. The van der Waals surface area contributed by atoms with Crippen LogP contribution in [0.25, 0.3) is 5.69 Å². The van der Waals surface area contributed by atoms with E-state index in [1.54, 1.807) is 29.4 Å². The fourth-order valence-electron chi connectivity index (χ4n) is 1.99. The number of rotatable bonds is 5. The molecule has 0 aliphatic carbocycles. The van der Waals surface area contributed by atoms with E-state index in [0.717, 1.165) is 6.20 Å². The maximum Gasteiger partial charge on any atom is 0.215 e. The van der Waals surface area contributed by atoms with Gasteiger partial charge in [-0.1, -0.05) is 6.07 Å². The van der Waals surface area contributed by atoms with Crippen LogP contribution >= 0.6 is 0 Å². The molecule has 118 valence electrons. The summed E-state index contributed by atoms with van der Waals surface area (Å²) in [4.78, 5) is 12.4. The summed E-state index contributed by atoms with van der Waals surface area (Å²) in [6.45, 7) is 3.88. The van der Waals surface area contributed by atoms with Gasteiger partial charge < -0.3 is 14.6 Å². The summed E-state index contributed by atoms with van der Waals surface area (Å²) in [6.07, 6.45) is 6.08. The van der Waals surface area contributed by atoms with Crippen molar-refractivity contribution in [2.75, 3.05) is 5.32 Å². The van der Waals surface area contributed by atoms with Crippen molar-refractivity contribution in [1.29, 1.82) is 0 Å². The van der Waals surface area contributed by atoms with Crippen LogP contribution in [0.3, 0.4) is 0 Å². The average molecular weight is 313 g/mol. The van der Waals surface area contributed by atoms with E-state index in [9.17, 15) is 4.39 Å². The number of anilines is 2. The third kappa shape index (κ3) is 3.82. The molecule has 23 heavy (non-hydrogen) atoms. The second kappa shape index (κ2) is 6.43. The van der Waals surface area contributed by atoms with E-state index >= 15 is 0 Å². The number of nitrogens with zero attached hydrogens (tertiary/aromatic N) is 4. The lowest BCUT2D eigenvalue weighted by Gasteiger charge is -2.09. The summed E-state index contributed by atoms with van der Waals surface area (Å²) < 4.78 is 20.4. The van der Waals surface area contributed by atoms with E-state index in [4.69, 9.17) is 4.74 Å². The smallest absolute Gasteiger partial charge is 0.215 e. The fraction of sp³-hybridized carbons (Fsp3) is 0.188. The van der Waals surface area contributed by atoms with Gasteiger partial charge in [0.15, 0.2) is 0 Å². The zero-order valence-corrected chi connectivity index (χ0v) is 12.8. The molecule has 0 fully saturated rings. The molecule has 0 aliphatic rings. The van der Waals surface area contributed by atoms with E-state index < -0.39 is 5.82 Å². The van der Waals surface area contributed by atoms with E-state index in [2.05, 4.69) is 20.3 Å². The van der Waals surface area contributed by atoms with Crippen molar-refractivity contribution < 1.29 is 9.13 Å². The molecule has 3 aromatic rings. The van der Waals surface area contributed by atoms with Crippen molar-refractivity contribution >= 4 is 11.6 Å². The molecular formula is C16H16FN5O. The summed E-state index contributed by atoms with van der Waals surface area (Å²) >= 11 is 0. The molecule has 0 saturated heterocycles. The monoisotopic (exact) mass is 313 g/mol. The zero-order valence-electron chi connectivity index (χ0n) is 12.8. The quantitative estimate of drug-likeness (QED) is 0.782. The van der Waals surface area contributed by atoms with Crippen molar-refractivity contribution in [3.05, 3.63) is 55.0 Å². The van der Waals surface area contributed by atoms with Crippen LogP contribution in [-0.2, 0) is 0 Å². The number of nitrogens with one attached hydrogen (secondary N) is 1. The normalized spacial score (nSPS) is 10.8. The Labute approximate surface area is 133 Å². The first-order valence-corrected chi connectivity index (χ1v) is 7.16. The lowest BCUT2D eigenvalue weighted by molar-refractivity contribution is 0.233. The molecule has 3 rings (SSSR count). The number of aromatic nitrogens is 4. The van der Waals surface area contributed by atoms with Crippen LogP contribution in [0.1, 0.15) is 13.8 Å². The third-order valence-electron chi connectivity index (χ3n) is 2.91. The van der Waals surface area contributed by atoms with Gasteiger partial charge in [-0.3, -0.25) is 4.98 Å². The summed E-state index contributed by atoms with van der Waals surface area (Å²) in [7, 11) is 0. The van der Waals surface area contributed by atoms with E-state index in [-0.39, 0.29) is 6.10 Å². The third-order valence-corrected chi connectivity index (χ3v) is 2.91. The van der Waals surface area contributed by atoms with Crippen LogP contribution in [0.15, 0.2) is 49.2 Å². The molecule has 0 spiro atoms. The SMILES string of the molecule is CC(C)Oc1cccc(Nc2cn(-c3cncc(F)c3)cn2)n1. The summed E-state index contributed by atoms with van der Waals surface area (Å²) in [5, 5.41) is 3.09. The molecule has 0 radical (unpaired) electrons. The molecule has 0 unspecified atom stereocenters. The van der Waals surface area contributed by atoms with Gasteiger partial charge in [0.1, 0.15) is 23.8 Å². The largest absolute Gasteiger partial charge is 0.475 e. The predicted octanol–water partition coefficient (Wildman–Crippen LogP) is 3.33. The Bertz CT molecular complexity index is 802. The topological polar surface area (TPSA) is 64.9 Å². The lowest BCUT2D eigenvalue weighted by Crippen LogP contribution is -2.07. The highest BCUT2D eigenvalue weighted by molar-refractivity contribution is 5.52. The van der Waals surface area contributed by atoms with Gasteiger partial charge in [-0.05, 0) is 19.9 Å². The van der Waals surface area contributed by atoms with Gasteiger partial charge >= 0.3 is 0 Å².